The Morgan fingerprint density at radius 2 is 1.57 bits per heavy atom. The van der Waals surface area contributed by atoms with Gasteiger partial charge in [-0.25, -0.2) is 4.79 Å². The molecule has 1 fully saturated rings. The molecule has 0 bridgehead atoms. The van der Waals surface area contributed by atoms with Crippen LogP contribution in [0.25, 0.3) is 11.0 Å². The molecule has 7 nitrogen and oxygen atoms in total. The normalized spacial score (nSPS) is 15.1. The zero-order valence-corrected chi connectivity index (χ0v) is 16.3. The molecular weight excluding hydrogens is 354 g/mol. The molecule has 146 valence electrons. The van der Waals surface area contributed by atoms with Crippen LogP contribution in [0.2, 0.25) is 0 Å². The topological polar surface area (TPSA) is 62.5 Å². The summed E-state index contributed by atoms with van der Waals surface area (Å²) in [6.45, 7) is 3.82. The second kappa shape index (κ2) is 7.52. The van der Waals surface area contributed by atoms with Gasteiger partial charge in [0.05, 0.1) is 22.4 Å². The molecule has 0 aliphatic carbocycles. The number of para-hydroxylation sites is 4. The molecule has 2 aromatic carbocycles. The third kappa shape index (κ3) is 3.41. The summed E-state index contributed by atoms with van der Waals surface area (Å²) in [6.07, 6.45) is 0. The standard InChI is InChI=1S/C21H25N5O2/c1-23-11-13-25(14-12-23)17-8-4-3-7-16(17)22-20(27)15-26-19-10-6-5-9-18(19)24(2)21(26)28/h3-10H,11-15H2,1-2H3,(H,22,27). The summed E-state index contributed by atoms with van der Waals surface area (Å²) in [5.74, 6) is -0.208. The highest BCUT2D eigenvalue weighted by atomic mass is 16.2. The Balaban J connectivity index is 1.56. The van der Waals surface area contributed by atoms with Crippen LogP contribution in [0.5, 0.6) is 0 Å². The van der Waals surface area contributed by atoms with Crippen molar-refractivity contribution in [2.45, 2.75) is 6.54 Å². The van der Waals surface area contributed by atoms with Crippen LogP contribution < -0.4 is 15.9 Å². The summed E-state index contributed by atoms with van der Waals surface area (Å²) in [5.41, 5.74) is 3.19. The average Bonchev–Trinajstić information content (AvgIpc) is 2.94. The Kier molecular flexibility index (Phi) is 4.92. The number of nitrogens with zero attached hydrogens (tertiary/aromatic N) is 4. The molecule has 1 aromatic heterocycles. The highest BCUT2D eigenvalue weighted by Gasteiger charge is 2.19. The van der Waals surface area contributed by atoms with E-state index in [2.05, 4.69) is 22.2 Å². The van der Waals surface area contributed by atoms with Gasteiger partial charge in [-0.3, -0.25) is 13.9 Å². The van der Waals surface area contributed by atoms with E-state index in [9.17, 15) is 9.59 Å². The lowest BCUT2D eigenvalue weighted by atomic mass is 10.2. The molecule has 0 atom stereocenters. The van der Waals surface area contributed by atoms with Crippen LogP contribution in [-0.2, 0) is 18.4 Å². The fraction of sp³-hybridized carbons (Fsp3) is 0.333. The van der Waals surface area contributed by atoms with Gasteiger partial charge in [0.2, 0.25) is 5.91 Å². The molecule has 28 heavy (non-hydrogen) atoms. The number of benzene rings is 2. The lowest BCUT2D eigenvalue weighted by molar-refractivity contribution is -0.116. The number of carbonyl (C=O) groups is 1. The van der Waals surface area contributed by atoms with E-state index in [1.54, 1.807) is 11.6 Å². The van der Waals surface area contributed by atoms with Crippen molar-refractivity contribution in [2.75, 3.05) is 43.4 Å². The van der Waals surface area contributed by atoms with E-state index >= 15 is 0 Å². The number of nitrogens with one attached hydrogen (secondary N) is 1. The molecular formula is C21H25N5O2. The van der Waals surface area contributed by atoms with Crippen molar-refractivity contribution in [1.82, 2.24) is 14.0 Å². The smallest absolute Gasteiger partial charge is 0.329 e. The van der Waals surface area contributed by atoms with Crippen LogP contribution >= 0.6 is 0 Å². The average molecular weight is 379 g/mol. The number of carbonyl (C=O) groups excluding carboxylic acids is 1. The van der Waals surface area contributed by atoms with Gasteiger partial charge in [-0.05, 0) is 31.3 Å². The van der Waals surface area contributed by atoms with Gasteiger partial charge in [0.1, 0.15) is 6.54 Å². The minimum absolute atomic E-state index is 0.0166. The summed E-state index contributed by atoms with van der Waals surface area (Å²) in [5, 5.41) is 3.01. The van der Waals surface area contributed by atoms with Gasteiger partial charge in [0.25, 0.3) is 0 Å². The zero-order valence-electron chi connectivity index (χ0n) is 16.3. The molecule has 3 aromatic rings. The van der Waals surface area contributed by atoms with Crippen molar-refractivity contribution in [1.29, 1.82) is 0 Å². The SMILES string of the molecule is CN1CCN(c2ccccc2NC(=O)Cn2c(=O)n(C)c3ccccc32)CC1. The summed E-state index contributed by atoms with van der Waals surface area (Å²) >= 11 is 0. The van der Waals surface area contributed by atoms with Crippen LogP contribution in [0, 0.1) is 0 Å². The number of anilines is 2. The summed E-state index contributed by atoms with van der Waals surface area (Å²) in [4.78, 5) is 29.9. The van der Waals surface area contributed by atoms with E-state index in [4.69, 9.17) is 0 Å². The number of likely N-dealkylation sites (N-methyl/N-ethyl adjacent to an activating group) is 1. The number of amides is 1. The Hall–Kier alpha value is -3.06. The second-order valence-corrected chi connectivity index (χ2v) is 7.27. The molecule has 1 saturated heterocycles. The molecule has 4 rings (SSSR count). The van der Waals surface area contributed by atoms with Gasteiger partial charge in [0.15, 0.2) is 0 Å². The largest absolute Gasteiger partial charge is 0.367 e. The van der Waals surface area contributed by atoms with E-state index in [1.165, 1.54) is 4.57 Å². The Bertz CT molecular complexity index is 1060. The maximum absolute atomic E-state index is 12.8. The van der Waals surface area contributed by atoms with Gasteiger partial charge >= 0.3 is 5.69 Å². The van der Waals surface area contributed by atoms with Crippen molar-refractivity contribution >= 4 is 28.3 Å². The summed E-state index contributed by atoms with van der Waals surface area (Å²) in [6, 6.07) is 15.4. The minimum atomic E-state index is -0.208. The van der Waals surface area contributed by atoms with E-state index in [0.29, 0.717) is 0 Å². The molecule has 0 spiro atoms. The number of aromatic nitrogens is 2. The maximum Gasteiger partial charge on any atom is 0.329 e. The van der Waals surface area contributed by atoms with Gasteiger partial charge in [-0.2, -0.15) is 0 Å². The quantitative estimate of drug-likeness (QED) is 0.750. The van der Waals surface area contributed by atoms with Gasteiger partial charge in [-0.1, -0.05) is 24.3 Å². The third-order valence-electron chi connectivity index (χ3n) is 5.38. The second-order valence-electron chi connectivity index (χ2n) is 7.27. The van der Waals surface area contributed by atoms with Crippen LogP contribution in [0.1, 0.15) is 0 Å². The molecule has 2 heterocycles. The number of hydrogen-bond acceptors (Lipinski definition) is 4. The molecule has 1 N–H and O–H groups in total. The van der Waals surface area contributed by atoms with Gasteiger partial charge < -0.3 is 15.1 Å². The molecule has 7 heteroatoms. The monoisotopic (exact) mass is 379 g/mol. The van der Waals surface area contributed by atoms with Crippen molar-refractivity contribution < 1.29 is 4.79 Å². The maximum atomic E-state index is 12.8. The Morgan fingerprint density at radius 1 is 0.929 bits per heavy atom. The predicted molar refractivity (Wildman–Crippen MR) is 112 cm³/mol. The fourth-order valence-electron chi connectivity index (χ4n) is 3.75. The number of fused-ring (bicyclic) bond motifs is 1. The lowest BCUT2D eigenvalue weighted by Crippen LogP contribution is -2.44. The molecule has 0 saturated carbocycles. The van der Waals surface area contributed by atoms with E-state index in [0.717, 1.165) is 48.6 Å². The fourth-order valence-corrected chi connectivity index (χ4v) is 3.75. The van der Waals surface area contributed by atoms with E-state index in [1.807, 2.05) is 48.5 Å². The van der Waals surface area contributed by atoms with Crippen LogP contribution in [0.15, 0.2) is 53.3 Å². The van der Waals surface area contributed by atoms with Gasteiger partial charge in [-0.15, -0.1) is 0 Å². The predicted octanol–water partition coefficient (Wildman–Crippen LogP) is 1.73. The first-order valence-corrected chi connectivity index (χ1v) is 9.51. The highest BCUT2D eigenvalue weighted by molar-refractivity contribution is 5.95. The van der Waals surface area contributed by atoms with Gasteiger partial charge in [0, 0.05) is 33.2 Å². The Morgan fingerprint density at radius 3 is 2.32 bits per heavy atom. The summed E-state index contributed by atoms with van der Waals surface area (Å²) < 4.78 is 3.09. The third-order valence-corrected chi connectivity index (χ3v) is 5.38. The number of aryl methyl sites for hydroxylation is 1. The lowest BCUT2D eigenvalue weighted by Gasteiger charge is -2.35. The number of piperazine rings is 1. The first-order chi connectivity index (χ1) is 13.5. The highest BCUT2D eigenvalue weighted by Crippen LogP contribution is 2.26. The van der Waals surface area contributed by atoms with Crippen molar-refractivity contribution in [3.05, 3.63) is 59.0 Å². The Labute approximate surface area is 163 Å². The molecule has 0 unspecified atom stereocenters. The van der Waals surface area contributed by atoms with Crippen molar-refractivity contribution in [3.8, 4) is 0 Å². The van der Waals surface area contributed by atoms with Crippen LogP contribution in [0.3, 0.4) is 0 Å². The van der Waals surface area contributed by atoms with E-state index < -0.39 is 0 Å². The number of hydrogen-bond donors (Lipinski definition) is 1. The summed E-state index contributed by atoms with van der Waals surface area (Å²) in [7, 11) is 3.84. The minimum Gasteiger partial charge on any atom is -0.367 e. The molecule has 1 aliphatic rings. The molecule has 1 aliphatic heterocycles. The molecule has 1 amide bonds. The zero-order chi connectivity index (χ0) is 19.7. The van der Waals surface area contributed by atoms with Crippen LogP contribution in [0.4, 0.5) is 11.4 Å². The van der Waals surface area contributed by atoms with Crippen molar-refractivity contribution in [3.63, 3.8) is 0 Å². The molecule has 0 radical (unpaired) electrons. The number of rotatable bonds is 4. The first kappa shape index (κ1) is 18.3. The van der Waals surface area contributed by atoms with E-state index in [-0.39, 0.29) is 18.1 Å². The first-order valence-electron chi connectivity index (χ1n) is 9.51. The number of imidazole rings is 1. The van der Waals surface area contributed by atoms with Crippen LogP contribution in [-0.4, -0.2) is 53.2 Å². The van der Waals surface area contributed by atoms with Crippen molar-refractivity contribution in [2.24, 2.45) is 7.05 Å².